The van der Waals surface area contributed by atoms with E-state index in [0.717, 1.165) is 5.56 Å². The van der Waals surface area contributed by atoms with E-state index in [1.165, 1.54) is 3.97 Å². The van der Waals surface area contributed by atoms with Gasteiger partial charge in [-0.15, -0.1) is 0 Å². The molecule has 1 N–H and O–H groups in total. The van der Waals surface area contributed by atoms with Crippen molar-refractivity contribution in [1.29, 1.82) is 0 Å². The van der Waals surface area contributed by atoms with Crippen LogP contribution in [-0.2, 0) is 26.0 Å². The first kappa shape index (κ1) is 22.6. The molecule has 0 saturated heterocycles. The van der Waals surface area contributed by atoms with E-state index in [1.807, 2.05) is 27.7 Å². The highest BCUT2D eigenvalue weighted by Crippen LogP contribution is 2.22. The summed E-state index contributed by atoms with van der Waals surface area (Å²) in [4.78, 5) is 12.3. The number of rotatable bonds is 7. The molecule has 0 bridgehead atoms. The first-order chi connectivity index (χ1) is 12.9. The van der Waals surface area contributed by atoms with Crippen molar-refractivity contribution in [2.24, 2.45) is 0 Å². The van der Waals surface area contributed by atoms with Crippen molar-refractivity contribution >= 4 is 31.9 Å². The molecule has 0 aliphatic heterocycles. The molecule has 1 atom stereocenters. The Morgan fingerprint density at radius 1 is 1.25 bits per heavy atom. The van der Waals surface area contributed by atoms with Crippen LogP contribution >= 0.6 is 15.9 Å². The number of carbonyl (C=O) groups excluding carboxylic acids is 1. The summed E-state index contributed by atoms with van der Waals surface area (Å²) in [5.74, 6) is -0.337. The molecule has 2 aromatic rings. The lowest BCUT2D eigenvalue weighted by molar-refractivity contribution is -0.156. The molecule has 0 amide bonds. The Kier molecular flexibility index (Phi) is 7.12. The molecule has 28 heavy (non-hydrogen) atoms. The molecule has 1 heterocycles. The number of aromatic nitrogens is 1. The molecule has 1 unspecified atom stereocenters. The van der Waals surface area contributed by atoms with Gasteiger partial charge >= 0.3 is 5.97 Å². The van der Waals surface area contributed by atoms with Gasteiger partial charge in [0.2, 0.25) is 0 Å². The fourth-order valence-corrected chi connectivity index (χ4v) is 4.59. The monoisotopic (exact) mass is 470 g/mol. The summed E-state index contributed by atoms with van der Waals surface area (Å²) in [6.45, 7) is 9.52. The summed E-state index contributed by atoms with van der Waals surface area (Å²) >= 11 is 3.36. The quantitative estimate of drug-likeness (QED) is 0.624. The van der Waals surface area contributed by atoms with Gasteiger partial charge in [-0.25, -0.2) is 12.4 Å². The predicted molar refractivity (Wildman–Crippen MR) is 113 cm³/mol. The average Bonchev–Trinajstić information content (AvgIpc) is 2.95. The van der Waals surface area contributed by atoms with Crippen LogP contribution in [0, 0.1) is 6.92 Å². The minimum atomic E-state index is -3.69. The van der Waals surface area contributed by atoms with Gasteiger partial charge in [-0.3, -0.25) is 4.79 Å². The van der Waals surface area contributed by atoms with Gasteiger partial charge in [0.25, 0.3) is 10.0 Å². The molecule has 0 aliphatic rings. The van der Waals surface area contributed by atoms with Crippen LogP contribution in [0.15, 0.2) is 45.9 Å². The van der Waals surface area contributed by atoms with E-state index in [2.05, 4.69) is 21.2 Å². The SMILES string of the molecule is Cc1ccc(S(=O)(=O)n2cc(Br)cc2CCNC(C)C(=O)OC(C)(C)C)cc1. The van der Waals surface area contributed by atoms with Crippen LogP contribution in [-0.4, -0.2) is 36.5 Å². The van der Waals surface area contributed by atoms with E-state index >= 15 is 0 Å². The second-order valence-electron chi connectivity index (χ2n) is 7.72. The van der Waals surface area contributed by atoms with E-state index in [9.17, 15) is 13.2 Å². The highest BCUT2D eigenvalue weighted by Gasteiger charge is 2.23. The molecule has 0 aliphatic carbocycles. The zero-order valence-corrected chi connectivity index (χ0v) is 19.2. The van der Waals surface area contributed by atoms with Gasteiger partial charge in [-0.05, 0) is 68.7 Å². The highest BCUT2D eigenvalue weighted by molar-refractivity contribution is 9.10. The molecule has 6 nitrogen and oxygen atoms in total. The maximum Gasteiger partial charge on any atom is 0.323 e. The smallest absolute Gasteiger partial charge is 0.323 e. The Morgan fingerprint density at radius 2 is 1.86 bits per heavy atom. The van der Waals surface area contributed by atoms with Crippen molar-refractivity contribution in [3.05, 3.63) is 52.3 Å². The zero-order chi connectivity index (χ0) is 21.1. The van der Waals surface area contributed by atoms with Crippen molar-refractivity contribution in [3.8, 4) is 0 Å². The molecular weight excluding hydrogens is 444 g/mol. The van der Waals surface area contributed by atoms with Crippen molar-refractivity contribution < 1.29 is 17.9 Å². The third-order valence-electron chi connectivity index (χ3n) is 4.00. The Bertz CT molecular complexity index is 928. The van der Waals surface area contributed by atoms with Crippen LogP contribution in [0.2, 0.25) is 0 Å². The van der Waals surface area contributed by atoms with Gasteiger partial charge in [0.1, 0.15) is 11.6 Å². The molecule has 1 aromatic carbocycles. The van der Waals surface area contributed by atoms with Crippen LogP contribution in [0.1, 0.15) is 39.0 Å². The average molecular weight is 471 g/mol. The molecule has 0 spiro atoms. The molecule has 0 saturated carbocycles. The summed E-state index contributed by atoms with van der Waals surface area (Å²) in [6.07, 6.45) is 1.98. The van der Waals surface area contributed by atoms with Crippen molar-refractivity contribution in [2.45, 2.75) is 57.6 Å². The topological polar surface area (TPSA) is 77.4 Å². The highest BCUT2D eigenvalue weighted by atomic mass is 79.9. The third-order valence-corrected chi connectivity index (χ3v) is 6.16. The number of ether oxygens (including phenoxy) is 1. The fourth-order valence-electron chi connectivity index (χ4n) is 2.58. The summed E-state index contributed by atoms with van der Waals surface area (Å²) in [5.41, 5.74) is 1.07. The molecule has 154 valence electrons. The summed E-state index contributed by atoms with van der Waals surface area (Å²) in [6, 6.07) is 8.03. The van der Waals surface area contributed by atoms with Crippen molar-refractivity contribution in [1.82, 2.24) is 9.29 Å². The van der Waals surface area contributed by atoms with E-state index in [-0.39, 0.29) is 10.9 Å². The van der Waals surface area contributed by atoms with Gasteiger partial charge in [0.05, 0.1) is 4.90 Å². The zero-order valence-electron chi connectivity index (χ0n) is 16.8. The first-order valence-electron chi connectivity index (χ1n) is 9.05. The normalized spacial score (nSPS) is 13.4. The number of nitrogens with one attached hydrogen (secondary N) is 1. The largest absolute Gasteiger partial charge is 0.459 e. The second kappa shape index (κ2) is 8.80. The van der Waals surface area contributed by atoms with Gasteiger partial charge in [0.15, 0.2) is 0 Å². The van der Waals surface area contributed by atoms with Crippen LogP contribution in [0.3, 0.4) is 0 Å². The number of esters is 1. The number of carbonyl (C=O) groups is 1. The Morgan fingerprint density at radius 3 is 2.43 bits per heavy atom. The van der Waals surface area contributed by atoms with Crippen LogP contribution in [0.25, 0.3) is 0 Å². The van der Waals surface area contributed by atoms with Gasteiger partial charge in [-0.1, -0.05) is 17.7 Å². The Balaban J connectivity index is 2.10. The maximum atomic E-state index is 13.0. The van der Waals surface area contributed by atoms with E-state index in [4.69, 9.17) is 4.74 Å². The van der Waals surface area contributed by atoms with Gasteiger partial charge in [0, 0.05) is 29.3 Å². The van der Waals surface area contributed by atoms with Crippen molar-refractivity contribution in [3.63, 3.8) is 0 Å². The summed E-state index contributed by atoms with van der Waals surface area (Å²) in [7, 11) is -3.69. The minimum Gasteiger partial charge on any atom is -0.459 e. The standard InChI is InChI=1S/C20H27BrN2O4S/c1-14-6-8-18(9-7-14)28(25,26)23-13-16(21)12-17(23)10-11-22-15(2)19(24)27-20(3,4)5/h6-9,12-13,15,22H,10-11H2,1-5H3. The van der Waals surface area contributed by atoms with E-state index in [0.29, 0.717) is 23.1 Å². The molecule has 8 heteroatoms. The Hall–Kier alpha value is -1.64. The minimum absolute atomic E-state index is 0.234. The number of hydrogen-bond donors (Lipinski definition) is 1. The lowest BCUT2D eigenvalue weighted by Gasteiger charge is -2.22. The van der Waals surface area contributed by atoms with Crippen molar-refractivity contribution in [2.75, 3.05) is 6.54 Å². The molecule has 0 fully saturated rings. The van der Waals surface area contributed by atoms with Gasteiger partial charge < -0.3 is 10.1 Å². The Labute approximate surface area is 175 Å². The number of benzene rings is 1. The number of halogens is 1. The molecule has 0 radical (unpaired) electrons. The first-order valence-corrected chi connectivity index (χ1v) is 11.3. The van der Waals surface area contributed by atoms with Crippen LogP contribution in [0.4, 0.5) is 0 Å². The molecular formula is C20H27BrN2O4S. The van der Waals surface area contributed by atoms with E-state index in [1.54, 1.807) is 43.5 Å². The third kappa shape index (κ3) is 5.93. The number of hydrogen-bond acceptors (Lipinski definition) is 5. The predicted octanol–water partition coefficient (Wildman–Crippen LogP) is 3.66. The lowest BCUT2D eigenvalue weighted by atomic mass is 10.2. The summed E-state index contributed by atoms with van der Waals surface area (Å²) < 4.78 is 33.3. The summed E-state index contributed by atoms with van der Waals surface area (Å²) in [5, 5.41) is 3.09. The fraction of sp³-hybridized carbons (Fsp3) is 0.450. The van der Waals surface area contributed by atoms with E-state index < -0.39 is 21.7 Å². The van der Waals surface area contributed by atoms with Gasteiger partial charge in [-0.2, -0.15) is 0 Å². The maximum absolute atomic E-state index is 13.0. The second-order valence-corrected chi connectivity index (χ2v) is 10.5. The number of aryl methyl sites for hydroxylation is 1. The van der Waals surface area contributed by atoms with Crippen LogP contribution < -0.4 is 5.32 Å². The molecule has 2 rings (SSSR count). The van der Waals surface area contributed by atoms with Crippen LogP contribution in [0.5, 0.6) is 0 Å². The molecule has 1 aromatic heterocycles. The number of nitrogens with zero attached hydrogens (tertiary/aromatic N) is 1. The lowest BCUT2D eigenvalue weighted by Crippen LogP contribution is -2.40.